The van der Waals surface area contributed by atoms with Crippen LogP contribution in [0.3, 0.4) is 0 Å². The summed E-state index contributed by atoms with van der Waals surface area (Å²) >= 11 is 0. The maximum Gasteiger partial charge on any atom is 0.0364 e. The van der Waals surface area contributed by atoms with Gasteiger partial charge in [-0.1, -0.05) is 44.2 Å². The van der Waals surface area contributed by atoms with Gasteiger partial charge in [-0.3, -0.25) is 0 Å². The van der Waals surface area contributed by atoms with Crippen LogP contribution in [0.5, 0.6) is 0 Å². The molecule has 0 spiro atoms. The molecule has 1 nitrogen and oxygen atoms in total. The van der Waals surface area contributed by atoms with Gasteiger partial charge in [0.1, 0.15) is 0 Å². The summed E-state index contributed by atoms with van der Waals surface area (Å²) in [6, 6.07) is 11.2. The van der Waals surface area contributed by atoms with Crippen molar-refractivity contribution in [3.63, 3.8) is 0 Å². The molecule has 1 rings (SSSR count). The Bertz CT molecular complexity index is 231. The van der Waals surface area contributed by atoms with Gasteiger partial charge >= 0.3 is 0 Å². The maximum atomic E-state index is 2.28. The van der Waals surface area contributed by atoms with Crippen LogP contribution in [0.2, 0.25) is 0 Å². The zero-order chi connectivity index (χ0) is 9.84. The van der Waals surface area contributed by atoms with Crippen LogP contribution in [0.15, 0.2) is 30.3 Å². The van der Waals surface area contributed by atoms with Gasteiger partial charge in [0.25, 0.3) is 0 Å². The SMILES string of the molecule is CC(C)[C@@H](c1ccccc1)N(C)C. The van der Waals surface area contributed by atoms with Gasteiger partial charge in [-0.2, -0.15) is 0 Å². The van der Waals surface area contributed by atoms with Crippen molar-refractivity contribution in [1.29, 1.82) is 0 Å². The van der Waals surface area contributed by atoms with E-state index in [-0.39, 0.29) is 0 Å². The molecule has 0 fully saturated rings. The highest BCUT2D eigenvalue weighted by Gasteiger charge is 2.16. The van der Waals surface area contributed by atoms with Crippen molar-refractivity contribution >= 4 is 0 Å². The molecule has 0 heterocycles. The largest absolute Gasteiger partial charge is 0.302 e. The lowest BCUT2D eigenvalue weighted by Crippen LogP contribution is -2.24. The fourth-order valence-electron chi connectivity index (χ4n) is 1.93. The maximum absolute atomic E-state index is 2.28. The molecule has 1 heteroatoms. The highest BCUT2D eigenvalue weighted by Crippen LogP contribution is 2.25. The van der Waals surface area contributed by atoms with Crippen LogP contribution in [0, 0.1) is 5.92 Å². The van der Waals surface area contributed by atoms with Gasteiger partial charge in [0.05, 0.1) is 0 Å². The second-order valence-electron chi connectivity index (χ2n) is 4.06. The van der Waals surface area contributed by atoms with Crippen molar-refractivity contribution in [3.8, 4) is 0 Å². The Labute approximate surface area is 81.4 Å². The summed E-state index contributed by atoms with van der Waals surface area (Å²) in [4.78, 5) is 2.28. The van der Waals surface area contributed by atoms with Gasteiger partial charge in [0.2, 0.25) is 0 Å². The third kappa shape index (κ3) is 2.56. The Balaban J connectivity index is 2.89. The summed E-state index contributed by atoms with van der Waals surface area (Å²) in [5, 5.41) is 0. The standard InChI is InChI=1S/C12H19N/c1-10(2)12(13(3)4)11-8-6-5-7-9-11/h5-10,12H,1-4H3/t12-/m0/s1. The molecule has 72 valence electrons. The smallest absolute Gasteiger partial charge is 0.0364 e. The van der Waals surface area contributed by atoms with E-state index in [2.05, 4.69) is 63.2 Å². The highest BCUT2D eigenvalue weighted by atomic mass is 15.1. The molecule has 1 atom stereocenters. The van der Waals surface area contributed by atoms with Crippen molar-refractivity contribution in [2.24, 2.45) is 5.92 Å². The Morgan fingerprint density at radius 1 is 1.00 bits per heavy atom. The fourth-order valence-corrected chi connectivity index (χ4v) is 1.93. The highest BCUT2D eigenvalue weighted by molar-refractivity contribution is 5.19. The van der Waals surface area contributed by atoms with E-state index in [1.165, 1.54) is 5.56 Å². The van der Waals surface area contributed by atoms with E-state index in [0.717, 1.165) is 0 Å². The predicted octanol–water partition coefficient (Wildman–Crippen LogP) is 2.95. The summed E-state index contributed by atoms with van der Waals surface area (Å²) < 4.78 is 0. The Morgan fingerprint density at radius 2 is 1.54 bits per heavy atom. The Kier molecular flexibility index (Phi) is 3.49. The molecular formula is C12H19N. The average molecular weight is 177 g/mol. The first-order chi connectivity index (χ1) is 6.13. The minimum absolute atomic E-state index is 0.529. The topological polar surface area (TPSA) is 3.24 Å². The van der Waals surface area contributed by atoms with Crippen molar-refractivity contribution < 1.29 is 0 Å². The minimum atomic E-state index is 0.529. The van der Waals surface area contributed by atoms with E-state index in [1.807, 2.05) is 0 Å². The van der Waals surface area contributed by atoms with E-state index in [1.54, 1.807) is 0 Å². The molecule has 0 unspecified atom stereocenters. The van der Waals surface area contributed by atoms with E-state index in [9.17, 15) is 0 Å². The number of hydrogen-bond donors (Lipinski definition) is 0. The van der Waals surface area contributed by atoms with Gasteiger partial charge in [0.15, 0.2) is 0 Å². The van der Waals surface area contributed by atoms with Gasteiger partial charge in [0, 0.05) is 6.04 Å². The van der Waals surface area contributed by atoms with Crippen molar-refractivity contribution in [2.75, 3.05) is 14.1 Å². The lowest BCUT2D eigenvalue weighted by Gasteiger charge is -2.28. The molecule has 0 aromatic heterocycles. The van der Waals surface area contributed by atoms with Crippen LogP contribution in [0.1, 0.15) is 25.5 Å². The van der Waals surface area contributed by atoms with Crippen molar-refractivity contribution in [1.82, 2.24) is 4.90 Å². The van der Waals surface area contributed by atoms with Crippen molar-refractivity contribution in [3.05, 3.63) is 35.9 Å². The Morgan fingerprint density at radius 3 is 1.92 bits per heavy atom. The van der Waals surface area contributed by atoms with Gasteiger partial charge in [-0.15, -0.1) is 0 Å². The summed E-state index contributed by atoms with van der Waals surface area (Å²) in [5.41, 5.74) is 1.41. The average Bonchev–Trinajstić information content (AvgIpc) is 2.04. The monoisotopic (exact) mass is 177 g/mol. The summed E-state index contributed by atoms with van der Waals surface area (Å²) in [6.07, 6.45) is 0. The molecule has 13 heavy (non-hydrogen) atoms. The number of rotatable bonds is 3. The molecule has 0 aliphatic heterocycles. The molecule has 0 amide bonds. The number of benzene rings is 1. The molecule has 0 radical (unpaired) electrons. The second kappa shape index (κ2) is 4.43. The van der Waals surface area contributed by atoms with Gasteiger partial charge in [-0.05, 0) is 25.6 Å². The lowest BCUT2D eigenvalue weighted by atomic mass is 9.95. The molecule has 1 aromatic carbocycles. The van der Waals surface area contributed by atoms with E-state index < -0.39 is 0 Å². The van der Waals surface area contributed by atoms with Gasteiger partial charge < -0.3 is 4.90 Å². The van der Waals surface area contributed by atoms with Crippen LogP contribution in [-0.2, 0) is 0 Å². The lowest BCUT2D eigenvalue weighted by molar-refractivity contribution is 0.235. The molecule has 0 N–H and O–H groups in total. The first kappa shape index (κ1) is 10.3. The molecule has 0 bridgehead atoms. The molecular weight excluding hydrogens is 158 g/mol. The molecule has 0 aliphatic carbocycles. The predicted molar refractivity (Wildman–Crippen MR) is 57.7 cm³/mol. The third-order valence-corrected chi connectivity index (χ3v) is 2.33. The van der Waals surface area contributed by atoms with E-state index in [4.69, 9.17) is 0 Å². The number of nitrogens with zero attached hydrogens (tertiary/aromatic N) is 1. The fraction of sp³-hybridized carbons (Fsp3) is 0.500. The molecule has 0 saturated carbocycles. The van der Waals surface area contributed by atoms with E-state index >= 15 is 0 Å². The molecule has 0 aliphatic rings. The van der Waals surface area contributed by atoms with Crippen LogP contribution >= 0.6 is 0 Å². The number of hydrogen-bond acceptors (Lipinski definition) is 1. The summed E-state index contributed by atoms with van der Waals surface area (Å²) in [7, 11) is 4.27. The quantitative estimate of drug-likeness (QED) is 0.686. The van der Waals surface area contributed by atoms with Crippen LogP contribution < -0.4 is 0 Å². The zero-order valence-electron chi connectivity index (χ0n) is 8.99. The zero-order valence-corrected chi connectivity index (χ0v) is 8.99. The summed E-state index contributed by atoms with van der Waals surface area (Å²) in [5.74, 6) is 0.650. The second-order valence-corrected chi connectivity index (χ2v) is 4.06. The van der Waals surface area contributed by atoms with Crippen LogP contribution in [-0.4, -0.2) is 19.0 Å². The normalized spacial score (nSPS) is 13.7. The summed E-state index contributed by atoms with van der Waals surface area (Å²) in [6.45, 7) is 4.52. The van der Waals surface area contributed by atoms with Crippen molar-refractivity contribution in [2.45, 2.75) is 19.9 Å². The molecule has 1 aromatic rings. The van der Waals surface area contributed by atoms with Crippen LogP contribution in [0.25, 0.3) is 0 Å². The Hall–Kier alpha value is -0.820. The first-order valence-electron chi connectivity index (χ1n) is 4.84. The van der Waals surface area contributed by atoms with E-state index in [0.29, 0.717) is 12.0 Å². The molecule has 0 saturated heterocycles. The van der Waals surface area contributed by atoms with Gasteiger partial charge in [-0.25, -0.2) is 0 Å². The minimum Gasteiger partial charge on any atom is -0.302 e. The van der Waals surface area contributed by atoms with Crippen LogP contribution in [0.4, 0.5) is 0 Å². The third-order valence-electron chi connectivity index (χ3n) is 2.33. The first-order valence-corrected chi connectivity index (χ1v) is 4.84.